The van der Waals surface area contributed by atoms with Gasteiger partial charge in [-0.3, -0.25) is 39.4 Å². The molecule has 3 fully saturated rings. The maximum Gasteiger partial charge on any atom is 0.301 e. The van der Waals surface area contributed by atoms with Crippen LogP contribution < -0.4 is 24.2 Å². The number of methoxy groups -OCH3 is 2. The van der Waals surface area contributed by atoms with Gasteiger partial charge in [0.1, 0.15) is 22.9 Å². The largest absolute Gasteiger partial charge is 0.507 e. The number of halogens is 7. The van der Waals surface area contributed by atoms with E-state index in [1.807, 2.05) is 0 Å². The van der Waals surface area contributed by atoms with E-state index in [0.29, 0.717) is 4.90 Å². The highest BCUT2D eigenvalue weighted by molar-refractivity contribution is 6.58. The minimum Gasteiger partial charge on any atom is -0.507 e. The Kier molecular flexibility index (Phi) is 9.58. The lowest BCUT2D eigenvalue weighted by molar-refractivity contribution is -0.392. The van der Waals surface area contributed by atoms with Crippen molar-refractivity contribution in [2.75, 3.05) is 43.0 Å². The summed E-state index contributed by atoms with van der Waals surface area (Å²) >= 11 is 14.3. The molecular formula is C36H26Cl2F5N5O11. The number of benzene rings is 3. The summed E-state index contributed by atoms with van der Waals surface area (Å²) in [5.41, 5.74) is -5.22. The van der Waals surface area contributed by atoms with Gasteiger partial charge in [0.25, 0.3) is 11.8 Å². The number of nitro groups is 2. The molecule has 23 heteroatoms. The molecule has 2 aliphatic carbocycles. The molecule has 7 rings (SSSR count). The molecule has 2 aliphatic heterocycles. The number of nitrogens with zero attached hydrogens (tertiary/aromatic N) is 5. The van der Waals surface area contributed by atoms with Crippen molar-refractivity contribution in [3.05, 3.63) is 90.8 Å². The van der Waals surface area contributed by atoms with E-state index < -0.39 is 147 Å². The predicted molar refractivity (Wildman–Crippen MR) is 194 cm³/mol. The molecule has 0 bridgehead atoms. The molecule has 1 saturated carbocycles. The monoisotopic (exact) mass is 869 g/mol. The topological polar surface area (TPSA) is 203 Å². The van der Waals surface area contributed by atoms with E-state index >= 15 is 8.78 Å². The fourth-order valence-electron chi connectivity index (χ4n) is 8.76. The molecule has 2 saturated heterocycles. The first-order valence-electron chi connectivity index (χ1n) is 17.1. The van der Waals surface area contributed by atoms with Gasteiger partial charge in [-0.25, -0.2) is 31.8 Å². The van der Waals surface area contributed by atoms with Crippen LogP contribution in [0.15, 0.2) is 35.9 Å². The predicted octanol–water partition coefficient (Wildman–Crippen LogP) is 5.76. The Labute approximate surface area is 337 Å². The van der Waals surface area contributed by atoms with Crippen LogP contribution in [-0.4, -0.2) is 76.6 Å². The van der Waals surface area contributed by atoms with Crippen LogP contribution in [0, 0.1) is 67.1 Å². The van der Waals surface area contributed by atoms with Crippen molar-refractivity contribution in [2.45, 2.75) is 28.5 Å². The van der Waals surface area contributed by atoms with Gasteiger partial charge >= 0.3 is 11.4 Å². The smallest absolute Gasteiger partial charge is 0.301 e. The lowest BCUT2D eigenvalue weighted by Crippen LogP contribution is -2.60. The lowest BCUT2D eigenvalue weighted by Gasteiger charge is -2.50. The van der Waals surface area contributed by atoms with Gasteiger partial charge in [0, 0.05) is 49.8 Å². The number of anilines is 3. The highest BCUT2D eigenvalue weighted by atomic mass is 35.5. The number of carbonyl (C=O) groups is 4. The summed E-state index contributed by atoms with van der Waals surface area (Å²) in [7, 11) is 4.91. The number of alkyl halides is 2. The normalized spacial score (nSPS) is 26.1. The van der Waals surface area contributed by atoms with Crippen LogP contribution in [0.5, 0.6) is 17.2 Å². The summed E-state index contributed by atoms with van der Waals surface area (Å²) in [6.45, 7) is 0. The molecule has 4 aliphatic rings. The van der Waals surface area contributed by atoms with E-state index in [4.69, 9.17) is 32.7 Å². The number of nitro benzene ring substituents is 2. The molecule has 6 atom stereocenters. The maximum atomic E-state index is 15.4. The highest BCUT2D eigenvalue weighted by Gasteiger charge is 2.77. The molecule has 0 aromatic heterocycles. The minimum absolute atomic E-state index is 0.0264. The summed E-state index contributed by atoms with van der Waals surface area (Å²) in [5.74, 6) is -26.0. The van der Waals surface area contributed by atoms with Crippen molar-refractivity contribution >= 4 is 75.3 Å². The molecule has 2 heterocycles. The first-order valence-corrected chi connectivity index (χ1v) is 17.8. The fraction of sp³-hybridized carbons (Fsp3) is 0.333. The van der Waals surface area contributed by atoms with Crippen LogP contribution in [0.2, 0.25) is 0 Å². The SMILES string of the molecule is COc1cc(O)c(C2C3=CCC4C(=O)N(c5cc([N+](=O)[O-])c(N(C)C)c([N+](=O)[O-])c5)C(=O)C4C3CC3(Cl)C(=O)N(c4c(F)c(F)c(F)c(F)c4F)C(=O)C23Cl)c(OC)c1. The number of imide groups is 2. The van der Waals surface area contributed by atoms with Crippen molar-refractivity contribution in [3.8, 4) is 17.2 Å². The zero-order valence-electron chi connectivity index (χ0n) is 30.5. The molecule has 59 heavy (non-hydrogen) atoms. The number of aromatic hydroxyl groups is 1. The Balaban J connectivity index is 1.46. The fourth-order valence-corrected chi connectivity index (χ4v) is 9.68. The Bertz CT molecular complexity index is 2460. The van der Waals surface area contributed by atoms with Crippen LogP contribution in [0.4, 0.5) is 50.4 Å². The number of phenolic OH excluding ortho intramolecular Hbond substituents is 1. The van der Waals surface area contributed by atoms with Crippen molar-refractivity contribution in [1.29, 1.82) is 0 Å². The molecule has 3 aromatic rings. The first kappa shape index (κ1) is 41.1. The third-order valence-electron chi connectivity index (χ3n) is 11.2. The standard InChI is InChI=1S/C36H26Cl2F5N5O11/c1-44(2)29-17(47(54)55)7-12(8-18(29)48(56)57)45-31(50)15-6-5-14-16(21(15)32(45)51)11-35(37)33(52)46(30-27(42)25(40)24(39)26(41)28(30)43)34(53)36(35,38)23(14)22-19(49)9-13(58-3)10-20(22)59-4/h5,7-10,15-16,21,23,49H,6,11H2,1-4H3. The molecule has 310 valence electrons. The molecule has 4 amide bonds. The van der Waals surface area contributed by atoms with E-state index in [1.165, 1.54) is 33.3 Å². The van der Waals surface area contributed by atoms with E-state index in [2.05, 4.69) is 0 Å². The summed E-state index contributed by atoms with van der Waals surface area (Å²) in [6.07, 6.45) is 0.0384. The third-order valence-corrected chi connectivity index (χ3v) is 12.6. The van der Waals surface area contributed by atoms with Crippen LogP contribution in [0.25, 0.3) is 0 Å². The number of hydrogen-bond donors (Lipinski definition) is 1. The van der Waals surface area contributed by atoms with Crippen LogP contribution in [0.1, 0.15) is 24.3 Å². The second-order valence-corrected chi connectivity index (χ2v) is 15.4. The van der Waals surface area contributed by atoms with Crippen molar-refractivity contribution in [1.82, 2.24) is 0 Å². The third kappa shape index (κ3) is 5.39. The average Bonchev–Trinajstić information content (AvgIpc) is 3.53. The number of rotatable bonds is 8. The quantitative estimate of drug-likeness (QED) is 0.0420. The van der Waals surface area contributed by atoms with Crippen LogP contribution in [0.3, 0.4) is 0 Å². The molecule has 16 nitrogen and oxygen atoms in total. The zero-order chi connectivity index (χ0) is 43.5. The summed E-state index contributed by atoms with van der Waals surface area (Å²) in [5, 5.41) is 35.8. The zero-order valence-corrected chi connectivity index (χ0v) is 32.0. The Morgan fingerprint density at radius 1 is 0.814 bits per heavy atom. The molecular weight excluding hydrogens is 844 g/mol. The van der Waals surface area contributed by atoms with Crippen molar-refractivity contribution < 1.29 is 65.6 Å². The van der Waals surface area contributed by atoms with Crippen molar-refractivity contribution in [3.63, 3.8) is 0 Å². The highest BCUT2D eigenvalue weighted by Crippen LogP contribution is 2.68. The van der Waals surface area contributed by atoms with Crippen LogP contribution in [-0.2, 0) is 19.2 Å². The maximum absolute atomic E-state index is 15.4. The van der Waals surface area contributed by atoms with E-state index in [-0.39, 0.29) is 23.5 Å². The molecule has 6 unspecified atom stereocenters. The second-order valence-electron chi connectivity index (χ2n) is 14.2. The molecule has 0 spiro atoms. The van der Waals surface area contributed by atoms with Gasteiger partial charge in [0.2, 0.25) is 17.6 Å². The second kappa shape index (κ2) is 13.8. The van der Waals surface area contributed by atoms with E-state index in [0.717, 1.165) is 30.2 Å². The van der Waals surface area contributed by atoms with Gasteiger partial charge in [-0.1, -0.05) is 11.6 Å². The Hall–Kier alpha value is -6.09. The number of phenols is 1. The Morgan fingerprint density at radius 2 is 1.37 bits per heavy atom. The molecule has 0 radical (unpaired) electrons. The molecule has 1 N–H and O–H groups in total. The summed E-state index contributed by atoms with van der Waals surface area (Å²) in [6, 6.07) is 3.78. The number of ether oxygens (including phenoxy) is 2. The van der Waals surface area contributed by atoms with Gasteiger partial charge < -0.3 is 19.5 Å². The number of fused-ring (bicyclic) bond motifs is 4. The number of allylic oxidation sites excluding steroid dienone is 2. The van der Waals surface area contributed by atoms with E-state index in [9.17, 15) is 57.7 Å². The Morgan fingerprint density at radius 3 is 1.88 bits per heavy atom. The summed E-state index contributed by atoms with van der Waals surface area (Å²) in [4.78, 5) is 75.4. The van der Waals surface area contributed by atoms with Crippen LogP contribution >= 0.6 is 23.2 Å². The van der Waals surface area contributed by atoms with E-state index in [1.54, 1.807) is 0 Å². The van der Waals surface area contributed by atoms with Gasteiger partial charge in [-0.2, -0.15) is 0 Å². The lowest BCUT2D eigenvalue weighted by atomic mass is 9.56. The van der Waals surface area contributed by atoms with Crippen molar-refractivity contribution in [2.24, 2.45) is 17.8 Å². The molecule has 3 aromatic carbocycles. The average molecular weight is 871 g/mol. The minimum atomic E-state index is -3.02. The number of amides is 4. The van der Waals surface area contributed by atoms with Gasteiger partial charge in [-0.15, -0.1) is 23.2 Å². The summed E-state index contributed by atoms with van der Waals surface area (Å²) < 4.78 is 84.8. The van der Waals surface area contributed by atoms with Gasteiger partial charge in [-0.05, 0) is 18.8 Å². The number of carbonyl (C=O) groups excluding carboxylic acids is 4. The van der Waals surface area contributed by atoms with Gasteiger partial charge in [0.05, 0.1) is 41.6 Å². The van der Waals surface area contributed by atoms with Gasteiger partial charge in [0.15, 0.2) is 38.7 Å². The number of hydrogen-bond acceptors (Lipinski definition) is 12. The first-order chi connectivity index (χ1) is 27.6.